The standard InChI is InChI=1S/C15H15BrN2O/c1-9-4-3-5-12(14(9)16)15(19)18-13-7-6-11(17)8-10(13)2/h3-8H,17H2,1-2H3,(H,18,19). The van der Waals surface area contributed by atoms with Crippen LogP contribution in [0, 0.1) is 13.8 Å². The number of hydrogen-bond acceptors (Lipinski definition) is 2. The highest BCUT2D eigenvalue weighted by molar-refractivity contribution is 9.10. The van der Waals surface area contributed by atoms with E-state index >= 15 is 0 Å². The fraction of sp³-hybridized carbons (Fsp3) is 0.133. The number of nitrogens with one attached hydrogen (secondary N) is 1. The van der Waals surface area contributed by atoms with Crippen LogP contribution in [0.1, 0.15) is 21.5 Å². The van der Waals surface area contributed by atoms with Crippen LogP contribution in [0.2, 0.25) is 0 Å². The molecule has 0 saturated carbocycles. The smallest absolute Gasteiger partial charge is 0.256 e. The van der Waals surface area contributed by atoms with Crippen LogP contribution in [0.25, 0.3) is 0 Å². The predicted molar refractivity (Wildman–Crippen MR) is 82.4 cm³/mol. The van der Waals surface area contributed by atoms with Crippen molar-refractivity contribution in [1.82, 2.24) is 0 Å². The van der Waals surface area contributed by atoms with Gasteiger partial charge in [0, 0.05) is 15.8 Å². The van der Waals surface area contributed by atoms with Crippen LogP contribution in [0.15, 0.2) is 40.9 Å². The fourth-order valence-electron chi connectivity index (χ4n) is 1.84. The average Bonchev–Trinajstić information content (AvgIpc) is 2.36. The first-order chi connectivity index (χ1) is 8.99. The van der Waals surface area contributed by atoms with E-state index in [1.807, 2.05) is 38.1 Å². The summed E-state index contributed by atoms with van der Waals surface area (Å²) in [5.41, 5.74) is 9.74. The van der Waals surface area contributed by atoms with Crippen LogP contribution >= 0.6 is 15.9 Å². The van der Waals surface area contributed by atoms with Gasteiger partial charge in [0.25, 0.3) is 5.91 Å². The summed E-state index contributed by atoms with van der Waals surface area (Å²) in [6.07, 6.45) is 0. The maximum atomic E-state index is 12.3. The molecule has 0 spiro atoms. The molecule has 0 atom stereocenters. The Morgan fingerprint density at radius 3 is 2.58 bits per heavy atom. The van der Waals surface area contributed by atoms with Gasteiger partial charge < -0.3 is 11.1 Å². The summed E-state index contributed by atoms with van der Waals surface area (Å²) in [7, 11) is 0. The Morgan fingerprint density at radius 2 is 1.89 bits per heavy atom. The Kier molecular flexibility index (Phi) is 3.90. The average molecular weight is 319 g/mol. The molecule has 2 rings (SSSR count). The molecular weight excluding hydrogens is 304 g/mol. The summed E-state index contributed by atoms with van der Waals surface area (Å²) in [5.74, 6) is -0.136. The molecule has 3 N–H and O–H groups in total. The van der Waals surface area contributed by atoms with Gasteiger partial charge in [-0.2, -0.15) is 0 Å². The van der Waals surface area contributed by atoms with Crippen molar-refractivity contribution in [2.24, 2.45) is 0 Å². The number of carbonyl (C=O) groups is 1. The number of amides is 1. The molecule has 19 heavy (non-hydrogen) atoms. The maximum absolute atomic E-state index is 12.3. The monoisotopic (exact) mass is 318 g/mol. The van der Waals surface area contributed by atoms with Crippen molar-refractivity contribution < 1.29 is 4.79 Å². The normalized spacial score (nSPS) is 10.3. The van der Waals surface area contributed by atoms with E-state index in [1.165, 1.54) is 0 Å². The minimum Gasteiger partial charge on any atom is -0.399 e. The molecule has 0 aromatic heterocycles. The summed E-state index contributed by atoms with van der Waals surface area (Å²) >= 11 is 3.44. The van der Waals surface area contributed by atoms with Gasteiger partial charge in [-0.1, -0.05) is 12.1 Å². The van der Waals surface area contributed by atoms with Gasteiger partial charge in [0.2, 0.25) is 0 Å². The number of rotatable bonds is 2. The van der Waals surface area contributed by atoms with Gasteiger partial charge in [0.05, 0.1) is 5.56 Å². The first kappa shape index (κ1) is 13.6. The summed E-state index contributed by atoms with van der Waals surface area (Å²) in [6, 6.07) is 11.0. The number of hydrogen-bond donors (Lipinski definition) is 2. The second-order valence-corrected chi connectivity index (χ2v) is 5.26. The second-order valence-electron chi connectivity index (χ2n) is 4.46. The molecule has 0 unspecified atom stereocenters. The van der Waals surface area contributed by atoms with E-state index in [-0.39, 0.29) is 5.91 Å². The van der Waals surface area contributed by atoms with E-state index in [1.54, 1.807) is 12.1 Å². The van der Waals surface area contributed by atoms with Crippen molar-refractivity contribution in [3.63, 3.8) is 0 Å². The summed E-state index contributed by atoms with van der Waals surface area (Å²) < 4.78 is 0.820. The van der Waals surface area contributed by atoms with Gasteiger partial charge in [0.15, 0.2) is 0 Å². The van der Waals surface area contributed by atoms with Crippen molar-refractivity contribution in [2.75, 3.05) is 11.1 Å². The molecule has 0 aliphatic rings. The quantitative estimate of drug-likeness (QED) is 0.825. The lowest BCUT2D eigenvalue weighted by atomic mass is 10.1. The molecule has 4 heteroatoms. The van der Waals surface area contributed by atoms with Crippen molar-refractivity contribution >= 4 is 33.2 Å². The topological polar surface area (TPSA) is 55.1 Å². The van der Waals surface area contributed by atoms with Gasteiger partial charge >= 0.3 is 0 Å². The zero-order valence-corrected chi connectivity index (χ0v) is 12.4. The molecule has 1 amide bonds. The Morgan fingerprint density at radius 1 is 1.16 bits per heavy atom. The van der Waals surface area contributed by atoms with Gasteiger partial charge in [-0.3, -0.25) is 4.79 Å². The summed E-state index contributed by atoms with van der Waals surface area (Å²) in [5, 5.41) is 2.90. The van der Waals surface area contributed by atoms with Gasteiger partial charge in [-0.15, -0.1) is 0 Å². The third-order valence-corrected chi connectivity index (χ3v) is 3.99. The van der Waals surface area contributed by atoms with E-state index in [2.05, 4.69) is 21.2 Å². The predicted octanol–water partition coefficient (Wildman–Crippen LogP) is 3.90. The highest BCUT2D eigenvalue weighted by atomic mass is 79.9. The number of carbonyl (C=O) groups excluding carboxylic acids is 1. The highest BCUT2D eigenvalue weighted by Crippen LogP contribution is 2.23. The third kappa shape index (κ3) is 2.96. The Labute approximate surface area is 121 Å². The summed E-state index contributed by atoms with van der Waals surface area (Å²) in [4.78, 5) is 12.3. The number of nitrogen functional groups attached to an aromatic ring is 1. The minimum atomic E-state index is -0.136. The van der Waals surface area contributed by atoms with Crippen LogP contribution in [-0.2, 0) is 0 Å². The van der Waals surface area contributed by atoms with Crippen molar-refractivity contribution in [3.05, 3.63) is 57.6 Å². The largest absolute Gasteiger partial charge is 0.399 e. The van der Waals surface area contributed by atoms with Crippen LogP contribution < -0.4 is 11.1 Å². The fourth-order valence-corrected chi connectivity index (χ4v) is 2.28. The van der Waals surface area contributed by atoms with Crippen molar-refractivity contribution in [1.29, 1.82) is 0 Å². The zero-order valence-electron chi connectivity index (χ0n) is 10.8. The van der Waals surface area contributed by atoms with E-state index in [9.17, 15) is 4.79 Å². The van der Waals surface area contributed by atoms with E-state index in [0.717, 1.165) is 21.3 Å². The molecule has 0 saturated heterocycles. The van der Waals surface area contributed by atoms with Gasteiger partial charge in [-0.05, 0) is 65.2 Å². The molecule has 98 valence electrons. The maximum Gasteiger partial charge on any atom is 0.256 e. The molecule has 3 nitrogen and oxygen atoms in total. The minimum absolute atomic E-state index is 0.136. The SMILES string of the molecule is Cc1cc(N)ccc1NC(=O)c1cccc(C)c1Br. The molecule has 2 aromatic rings. The van der Waals surface area contributed by atoms with Crippen LogP contribution in [-0.4, -0.2) is 5.91 Å². The van der Waals surface area contributed by atoms with Crippen molar-refractivity contribution in [2.45, 2.75) is 13.8 Å². The first-order valence-corrected chi connectivity index (χ1v) is 6.71. The molecule has 0 radical (unpaired) electrons. The van der Waals surface area contributed by atoms with E-state index < -0.39 is 0 Å². The molecule has 0 bridgehead atoms. The molecule has 0 aliphatic heterocycles. The summed E-state index contributed by atoms with van der Waals surface area (Å²) in [6.45, 7) is 3.87. The second kappa shape index (κ2) is 5.45. The lowest BCUT2D eigenvalue weighted by molar-refractivity contribution is 0.102. The van der Waals surface area contributed by atoms with Crippen LogP contribution in [0.4, 0.5) is 11.4 Å². The molecule has 2 aromatic carbocycles. The van der Waals surface area contributed by atoms with Crippen LogP contribution in [0.3, 0.4) is 0 Å². The number of halogens is 1. The van der Waals surface area contributed by atoms with E-state index in [0.29, 0.717) is 11.3 Å². The highest BCUT2D eigenvalue weighted by Gasteiger charge is 2.12. The lowest BCUT2D eigenvalue weighted by Crippen LogP contribution is -2.13. The Hall–Kier alpha value is -1.81. The Bertz CT molecular complexity index is 638. The van der Waals surface area contributed by atoms with E-state index in [4.69, 9.17) is 5.73 Å². The third-order valence-electron chi connectivity index (χ3n) is 2.94. The number of aryl methyl sites for hydroxylation is 2. The number of anilines is 2. The van der Waals surface area contributed by atoms with Gasteiger partial charge in [0.1, 0.15) is 0 Å². The van der Waals surface area contributed by atoms with Gasteiger partial charge in [-0.25, -0.2) is 0 Å². The van der Waals surface area contributed by atoms with Crippen LogP contribution in [0.5, 0.6) is 0 Å². The zero-order chi connectivity index (χ0) is 14.0. The molecular formula is C15H15BrN2O. The molecule has 0 heterocycles. The molecule has 0 aliphatic carbocycles. The number of benzene rings is 2. The first-order valence-electron chi connectivity index (χ1n) is 5.91. The Balaban J connectivity index is 2.28. The molecule has 0 fully saturated rings. The van der Waals surface area contributed by atoms with Crippen molar-refractivity contribution in [3.8, 4) is 0 Å². The lowest BCUT2D eigenvalue weighted by Gasteiger charge is -2.11. The number of nitrogens with two attached hydrogens (primary N) is 1.